The molecule has 7 rings (SSSR count). The van der Waals surface area contributed by atoms with Crippen molar-refractivity contribution in [3.63, 3.8) is 0 Å². The lowest BCUT2D eigenvalue weighted by Crippen LogP contribution is -2.47. The molecule has 4 aliphatic heterocycles. The molecule has 1 aromatic carbocycles. The van der Waals surface area contributed by atoms with E-state index >= 15 is 0 Å². The van der Waals surface area contributed by atoms with Gasteiger partial charge in [-0.05, 0) is 57.7 Å². The van der Waals surface area contributed by atoms with Gasteiger partial charge in [0.25, 0.3) is 0 Å². The number of β-amino-alcohol motifs (C(OH)–C–C–N with tert-alkyl or cyclic N) is 1. The molecule has 9 nitrogen and oxygen atoms in total. The molecule has 0 unspecified atom stereocenters. The van der Waals surface area contributed by atoms with Gasteiger partial charge in [0.2, 0.25) is 0 Å². The van der Waals surface area contributed by atoms with E-state index in [2.05, 4.69) is 20.8 Å². The number of alkyl halides is 1. The van der Waals surface area contributed by atoms with Crippen LogP contribution >= 0.6 is 11.3 Å². The van der Waals surface area contributed by atoms with Crippen molar-refractivity contribution in [2.45, 2.75) is 69.3 Å². The summed E-state index contributed by atoms with van der Waals surface area (Å²) in [4.78, 5) is 16.2. The van der Waals surface area contributed by atoms with Crippen LogP contribution in [-0.2, 0) is 13.0 Å². The van der Waals surface area contributed by atoms with Gasteiger partial charge in [-0.25, -0.2) is 8.78 Å². The molecule has 0 aliphatic carbocycles. The van der Waals surface area contributed by atoms with Crippen LogP contribution in [0.25, 0.3) is 10.1 Å². The fourth-order valence-electron chi connectivity index (χ4n) is 7.52. The lowest BCUT2D eigenvalue weighted by molar-refractivity contribution is 0.0445. The summed E-state index contributed by atoms with van der Waals surface area (Å²) in [7, 11) is 0. The number of rotatable bonds is 5. The Morgan fingerprint density at radius 3 is 2.86 bits per heavy atom. The summed E-state index contributed by atoms with van der Waals surface area (Å²) < 4.78 is 35.8. The van der Waals surface area contributed by atoms with Crippen LogP contribution in [-0.4, -0.2) is 76.6 Å². The Morgan fingerprint density at radius 1 is 1.21 bits per heavy atom. The van der Waals surface area contributed by atoms with Crippen molar-refractivity contribution in [1.29, 1.82) is 5.26 Å². The topological polar surface area (TPSA) is 115 Å². The largest absolute Gasteiger partial charge is 0.461 e. The molecule has 3 N–H and O–H groups in total. The second kappa shape index (κ2) is 10.2. The monoisotopic (exact) mass is 595 g/mol. The van der Waals surface area contributed by atoms with Gasteiger partial charge >= 0.3 is 6.01 Å². The van der Waals surface area contributed by atoms with Crippen LogP contribution < -0.4 is 20.3 Å². The Hall–Kier alpha value is -3.27. The number of piperidine rings is 1. The fourth-order valence-corrected chi connectivity index (χ4v) is 8.46. The molecular formula is C30H35F2N7O2S. The molecule has 3 aromatic rings. The minimum atomic E-state index is -0.852. The number of nitriles is 1. The average molecular weight is 596 g/mol. The zero-order chi connectivity index (χ0) is 29.2. The summed E-state index contributed by atoms with van der Waals surface area (Å²) in [5.74, 6) is 0.372. The van der Waals surface area contributed by atoms with E-state index in [0.717, 1.165) is 72.9 Å². The van der Waals surface area contributed by atoms with Crippen LogP contribution in [0, 0.1) is 17.1 Å². The molecule has 0 bridgehead atoms. The summed E-state index contributed by atoms with van der Waals surface area (Å²) in [5, 5.41) is 21.5. The number of fused-ring (bicyclic) bond motifs is 3. The molecule has 4 aliphatic rings. The summed E-state index contributed by atoms with van der Waals surface area (Å²) >= 11 is 1.09. The first kappa shape index (κ1) is 27.6. The number of halogens is 2. The molecule has 3 fully saturated rings. The molecule has 3 atom stereocenters. The first-order chi connectivity index (χ1) is 20.2. The van der Waals surface area contributed by atoms with Gasteiger partial charge in [-0.15, -0.1) is 11.3 Å². The van der Waals surface area contributed by atoms with Crippen molar-refractivity contribution in [2.24, 2.45) is 0 Å². The highest BCUT2D eigenvalue weighted by Crippen LogP contribution is 2.43. The van der Waals surface area contributed by atoms with E-state index in [1.54, 1.807) is 6.07 Å². The van der Waals surface area contributed by atoms with Crippen molar-refractivity contribution in [3.8, 4) is 12.1 Å². The second-order valence-electron chi connectivity index (χ2n) is 12.5. The number of nitrogens with two attached hydrogens (primary N) is 1. The van der Waals surface area contributed by atoms with Crippen molar-refractivity contribution < 1.29 is 18.6 Å². The number of thiophene rings is 1. The number of ether oxygens (including phenoxy) is 1. The molecular weight excluding hydrogens is 560 g/mol. The molecule has 42 heavy (non-hydrogen) atoms. The van der Waals surface area contributed by atoms with Crippen LogP contribution in [0.2, 0.25) is 0 Å². The van der Waals surface area contributed by atoms with E-state index in [-0.39, 0.29) is 11.5 Å². The van der Waals surface area contributed by atoms with Gasteiger partial charge in [0.1, 0.15) is 35.5 Å². The van der Waals surface area contributed by atoms with E-state index in [1.807, 2.05) is 6.92 Å². The quantitative estimate of drug-likeness (QED) is 0.449. The van der Waals surface area contributed by atoms with E-state index in [1.165, 1.54) is 6.07 Å². The number of hydrogen-bond donors (Lipinski definition) is 2. The number of hydrogen-bond acceptors (Lipinski definition) is 10. The van der Waals surface area contributed by atoms with Gasteiger partial charge in [0.15, 0.2) is 0 Å². The third-order valence-corrected chi connectivity index (χ3v) is 10.5. The lowest BCUT2D eigenvalue weighted by Gasteiger charge is -2.40. The van der Waals surface area contributed by atoms with E-state index in [9.17, 15) is 19.1 Å². The Kier molecular flexibility index (Phi) is 6.68. The fraction of sp³-hybridized carbons (Fsp3) is 0.567. The highest BCUT2D eigenvalue weighted by Gasteiger charge is 2.49. The molecule has 0 saturated carbocycles. The van der Waals surface area contributed by atoms with Crippen LogP contribution in [0.4, 0.5) is 25.3 Å². The molecule has 222 valence electrons. The van der Waals surface area contributed by atoms with Crippen molar-refractivity contribution in [2.75, 3.05) is 54.9 Å². The van der Waals surface area contributed by atoms with Crippen LogP contribution in [0.1, 0.15) is 55.8 Å². The number of anilines is 3. The molecule has 0 radical (unpaired) electrons. The first-order valence-corrected chi connectivity index (χ1v) is 15.5. The third kappa shape index (κ3) is 4.62. The SMILES string of the molecule is C[C@@]1(O)CCCN(c2nc(OC[C@@]34CCCN3C[C@H](F)C4)nc3c2CCN(c2ccc(F)c4sc(N)c(C#N)c24)C3)C1. The number of nitrogens with zero attached hydrogens (tertiary/aromatic N) is 6. The van der Waals surface area contributed by atoms with E-state index < -0.39 is 17.6 Å². The maximum absolute atomic E-state index is 14.7. The average Bonchev–Trinajstić information content (AvgIpc) is 3.60. The Balaban J connectivity index is 1.25. The zero-order valence-electron chi connectivity index (χ0n) is 23.7. The van der Waals surface area contributed by atoms with Gasteiger partial charge in [0.05, 0.1) is 33.6 Å². The first-order valence-electron chi connectivity index (χ1n) is 14.7. The molecule has 0 spiro atoms. The maximum atomic E-state index is 14.7. The molecule has 2 aromatic heterocycles. The molecule has 12 heteroatoms. The van der Waals surface area contributed by atoms with Crippen LogP contribution in [0.15, 0.2) is 12.1 Å². The third-order valence-electron chi connectivity index (χ3n) is 9.48. The second-order valence-corrected chi connectivity index (χ2v) is 13.6. The minimum Gasteiger partial charge on any atom is -0.461 e. The van der Waals surface area contributed by atoms with Crippen molar-refractivity contribution >= 4 is 37.9 Å². The van der Waals surface area contributed by atoms with Gasteiger partial charge in [-0.2, -0.15) is 15.2 Å². The van der Waals surface area contributed by atoms with Gasteiger partial charge < -0.3 is 25.4 Å². The molecule has 6 heterocycles. The Labute approximate surface area is 247 Å². The summed E-state index contributed by atoms with van der Waals surface area (Å²) in [5.41, 5.74) is 7.78. The normalized spacial score (nSPS) is 27.7. The van der Waals surface area contributed by atoms with E-state index in [0.29, 0.717) is 66.3 Å². The van der Waals surface area contributed by atoms with Crippen LogP contribution in [0.3, 0.4) is 0 Å². The van der Waals surface area contributed by atoms with E-state index in [4.69, 9.17) is 20.4 Å². The predicted molar refractivity (Wildman–Crippen MR) is 158 cm³/mol. The summed E-state index contributed by atoms with van der Waals surface area (Å²) in [6.45, 7) is 5.75. The van der Waals surface area contributed by atoms with Gasteiger partial charge in [0, 0.05) is 49.2 Å². The number of nitrogen functional groups attached to an aromatic ring is 1. The highest BCUT2D eigenvalue weighted by molar-refractivity contribution is 7.23. The van der Waals surface area contributed by atoms with Crippen LogP contribution in [0.5, 0.6) is 6.01 Å². The highest BCUT2D eigenvalue weighted by atomic mass is 32.1. The Bertz CT molecular complexity index is 1590. The number of aliphatic hydroxyl groups is 1. The van der Waals surface area contributed by atoms with Gasteiger partial charge in [-0.3, -0.25) is 4.90 Å². The molecule has 0 amide bonds. The number of benzene rings is 1. The van der Waals surface area contributed by atoms with Crippen molar-refractivity contribution in [1.82, 2.24) is 14.9 Å². The molecule has 3 saturated heterocycles. The zero-order valence-corrected chi connectivity index (χ0v) is 24.5. The van der Waals surface area contributed by atoms with Gasteiger partial charge in [-0.1, -0.05) is 0 Å². The Morgan fingerprint density at radius 2 is 2.05 bits per heavy atom. The summed E-state index contributed by atoms with van der Waals surface area (Å²) in [6, 6.07) is 5.54. The smallest absolute Gasteiger partial charge is 0.318 e. The lowest BCUT2D eigenvalue weighted by atomic mass is 9.94. The summed E-state index contributed by atoms with van der Waals surface area (Å²) in [6.07, 6.45) is 3.71. The maximum Gasteiger partial charge on any atom is 0.318 e. The van der Waals surface area contributed by atoms with Crippen molar-refractivity contribution in [3.05, 3.63) is 34.8 Å². The number of aromatic nitrogens is 2. The standard InChI is InChI=1S/C30H35F2N7O2S/c1-29(40)7-2-9-38(16-29)27-19-6-11-37(23-5-4-21(32)25-24(23)20(13-33)26(34)42-25)15-22(19)35-28(36-27)41-17-30-8-3-10-39(30)14-18(31)12-30/h4-5,18,40H,2-3,6-12,14-17,34H2,1H3/t18-,29-,30+/m1/s1. The minimum absolute atomic E-state index is 0.251. The predicted octanol–water partition coefficient (Wildman–Crippen LogP) is 4.15.